The molecular formula is C14H29N. The molecule has 0 amide bonds. The van der Waals surface area contributed by atoms with E-state index in [9.17, 15) is 0 Å². The van der Waals surface area contributed by atoms with Crippen LogP contribution in [-0.2, 0) is 0 Å². The Morgan fingerprint density at radius 1 is 1.27 bits per heavy atom. The van der Waals surface area contributed by atoms with Gasteiger partial charge in [-0.1, -0.05) is 40.5 Å². The summed E-state index contributed by atoms with van der Waals surface area (Å²) >= 11 is 0. The molecule has 0 spiro atoms. The van der Waals surface area contributed by atoms with Crippen LogP contribution in [0.2, 0.25) is 0 Å². The summed E-state index contributed by atoms with van der Waals surface area (Å²) in [6.07, 6.45) is 9.00. The lowest BCUT2D eigenvalue weighted by Crippen LogP contribution is -2.54. The number of hydrogen-bond donors (Lipinski definition) is 1. The Balaban J connectivity index is 2.59. The second kappa shape index (κ2) is 4.86. The lowest BCUT2D eigenvalue weighted by Gasteiger charge is -2.48. The molecule has 0 aromatic carbocycles. The van der Waals surface area contributed by atoms with Crippen LogP contribution in [0.4, 0.5) is 0 Å². The Hall–Kier alpha value is -0.0400. The normalized spacial score (nSPS) is 33.0. The second-order valence-corrected chi connectivity index (χ2v) is 6.33. The van der Waals surface area contributed by atoms with Crippen LogP contribution in [-0.4, -0.2) is 5.54 Å². The fourth-order valence-corrected chi connectivity index (χ4v) is 2.82. The van der Waals surface area contributed by atoms with Crippen LogP contribution in [0, 0.1) is 11.3 Å². The van der Waals surface area contributed by atoms with E-state index < -0.39 is 0 Å². The van der Waals surface area contributed by atoms with Crippen molar-refractivity contribution >= 4 is 0 Å². The van der Waals surface area contributed by atoms with Crippen LogP contribution in [0.15, 0.2) is 0 Å². The van der Waals surface area contributed by atoms with Gasteiger partial charge in [-0.2, -0.15) is 0 Å². The topological polar surface area (TPSA) is 26.0 Å². The summed E-state index contributed by atoms with van der Waals surface area (Å²) in [6, 6.07) is 0. The summed E-state index contributed by atoms with van der Waals surface area (Å²) in [4.78, 5) is 0. The van der Waals surface area contributed by atoms with Gasteiger partial charge in [0.1, 0.15) is 0 Å². The summed E-state index contributed by atoms with van der Waals surface area (Å²) < 4.78 is 0. The first-order chi connectivity index (χ1) is 6.91. The molecule has 0 unspecified atom stereocenters. The molecule has 0 aliphatic heterocycles. The van der Waals surface area contributed by atoms with Crippen molar-refractivity contribution in [2.75, 3.05) is 0 Å². The van der Waals surface area contributed by atoms with Gasteiger partial charge in [0.05, 0.1) is 0 Å². The zero-order valence-corrected chi connectivity index (χ0v) is 11.1. The van der Waals surface area contributed by atoms with Crippen molar-refractivity contribution < 1.29 is 0 Å². The van der Waals surface area contributed by atoms with Crippen molar-refractivity contribution in [3.8, 4) is 0 Å². The first-order valence-electron chi connectivity index (χ1n) is 6.70. The number of unbranched alkanes of at least 4 members (excludes halogenated alkanes) is 1. The lowest BCUT2D eigenvalue weighted by molar-refractivity contribution is 0.0866. The van der Waals surface area contributed by atoms with Crippen LogP contribution in [0.1, 0.15) is 72.6 Å². The van der Waals surface area contributed by atoms with Crippen LogP contribution in [0.5, 0.6) is 0 Å². The molecular weight excluding hydrogens is 182 g/mol. The third-order valence-corrected chi connectivity index (χ3v) is 4.67. The highest BCUT2D eigenvalue weighted by Crippen LogP contribution is 2.44. The third-order valence-electron chi connectivity index (χ3n) is 4.67. The fraction of sp³-hybridized carbons (Fsp3) is 1.00. The van der Waals surface area contributed by atoms with E-state index in [1.807, 2.05) is 0 Å². The molecule has 15 heavy (non-hydrogen) atoms. The smallest absolute Gasteiger partial charge is 0.0206 e. The van der Waals surface area contributed by atoms with Gasteiger partial charge >= 0.3 is 0 Å². The van der Waals surface area contributed by atoms with E-state index in [4.69, 9.17) is 5.73 Å². The molecule has 2 N–H and O–H groups in total. The molecule has 0 bridgehead atoms. The molecule has 1 aliphatic rings. The lowest BCUT2D eigenvalue weighted by atomic mass is 9.62. The Kier molecular flexibility index (Phi) is 4.22. The van der Waals surface area contributed by atoms with Crippen LogP contribution in [0.3, 0.4) is 0 Å². The van der Waals surface area contributed by atoms with Gasteiger partial charge in [0.15, 0.2) is 0 Å². The molecule has 0 saturated heterocycles. The number of hydrogen-bond acceptors (Lipinski definition) is 1. The van der Waals surface area contributed by atoms with Gasteiger partial charge < -0.3 is 5.73 Å². The molecule has 0 atom stereocenters. The minimum absolute atomic E-state index is 0.106. The summed E-state index contributed by atoms with van der Waals surface area (Å²) in [7, 11) is 0. The largest absolute Gasteiger partial charge is 0.325 e. The third kappa shape index (κ3) is 2.96. The monoisotopic (exact) mass is 211 g/mol. The molecule has 1 nitrogen and oxygen atoms in total. The zero-order chi connectivity index (χ0) is 11.5. The number of rotatable bonds is 4. The summed E-state index contributed by atoms with van der Waals surface area (Å²) in [5.74, 6) is 0.892. The van der Waals surface area contributed by atoms with Crippen LogP contribution >= 0.6 is 0 Å². The van der Waals surface area contributed by atoms with Crippen molar-refractivity contribution in [1.29, 1.82) is 0 Å². The minimum atomic E-state index is 0.106. The van der Waals surface area contributed by atoms with Crippen molar-refractivity contribution in [1.82, 2.24) is 0 Å². The quantitative estimate of drug-likeness (QED) is 0.744. The molecule has 1 saturated carbocycles. The highest BCUT2D eigenvalue weighted by molar-refractivity contribution is 4.99. The average molecular weight is 211 g/mol. The number of nitrogens with two attached hydrogens (primary N) is 1. The molecule has 0 aromatic heterocycles. The van der Waals surface area contributed by atoms with E-state index in [1.165, 1.54) is 44.9 Å². The van der Waals surface area contributed by atoms with E-state index in [-0.39, 0.29) is 5.54 Å². The molecule has 0 aromatic rings. The van der Waals surface area contributed by atoms with Crippen molar-refractivity contribution in [3.05, 3.63) is 0 Å². The van der Waals surface area contributed by atoms with Crippen molar-refractivity contribution in [2.24, 2.45) is 17.1 Å². The van der Waals surface area contributed by atoms with E-state index in [2.05, 4.69) is 27.7 Å². The van der Waals surface area contributed by atoms with Gasteiger partial charge in [-0.15, -0.1) is 0 Å². The molecule has 0 heterocycles. The SMILES string of the molecule is CCCCC(C)(C)C1(N)CCC(C)CC1. The highest BCUT2D eigenvalue weighted by Gasteiger charge is 2.42. The Morgan fingerprint density at radius 3 is 2.27 bits per heavy atom. The standard InChI is InChI=1S/C14H29N/c1-5-6-9-13(3,4)14(15)10-7-12(2)8-11-14/h12H,5-11,15H2,1-4H3. The summed E-state index contributed by atoms with van der Waals surface area (Å²) in [6.45, 7) is 9.37. The van der Waals surface area contributed by atoms with Gasteiger partial charge in [0.2, 0.25) is 0 Å². The van der Waals surface area contributed by atoms with Crippen molar-refractivity contribution in [2.45, 2.75) is 78.2 Å². The van der Waals surface area contributed by atoms with E-state index in [0.29, 0.717) is 5.41 Å². The molecule has 1 heteroatoms. The second-order valence-electron chi connectivity index (χ2n) is 6.33. The Labute approximate surface area is 95.8 Å². The maximum absolute atomic E-state index is 6.64. The predicted octanol–water partition coefficient (Wildman–Crippen LogP) is 4.11. The first kappa shape index (κ1) is 13.0. The molecule has 1 aliphatic carbocycles. The van der Waals surface area contributed by atoms with Gasteiger partial charge in [0.25, 0.3) is 0 Å². The van der Waals surface area contributed by atoms with Crippen molar-refractivity contribution in [3.63, 3.8) is 0 Å². The molecule has 1 rings (SSSR count). The van der Waals surface area contributed by atoms with E-state index in [1.54, 1.807) is 0 Å². The maximum atomic E-state index is 6.64. The van der Waals surface area contributed by atoms with Gasteiger partial charge in [-0.05, 0) is 43.4 Å². The highest BCUT2D eigenvalue weighted by atomic mass is 14.8. The van der Waals surface area contributed by atoms with Gasteiger partial charge in [0, 0.05) is 5.54 Å². The van der Waals surface area contributed by atoms with Gasteiger partial charge in [-0.25, -0.2) is 0 Å². The van der Waals surface area contributed by atoms with Gasteiger partial charge in [-0.3, -0.25) is 0 Å². The predicted molar refractivity (Wildman–Crippen MR) is 67.9 cm³/mol. The average Bonchev–Trinajstić information content (AvgIpc) is 2.19. The zero-order valence-electron chi connectivity index (χ0n) is 11.1. The Bertz CT molecular complexity index is 188. The summed E-state index contributed by atoms with van der Waals surface area (Å²) in [5.41, 5.74) is 7.07. The molecule has 90 valence electrons. The van der Waals surface area contributed by atoms with Crippen LogP contribution in [0.25, 0.3) is 0 Å². The minimum Gasteiger partial charge on any atom is -0.325 e. The maximum Gasteiger partial charge on any atom is 0.0206 e. The van der Waals surface area contributed by atoms with E-state index in [0.717, 1.165) is 5.92 Å². The Morgan fingerprint density at radius 2 is 1.80 bits per heavy atom. The van der Waals surface area contributed by atoms with E-state index >= 15 is 0 Å². The first-order valence-corrected chi connectivity index (χ1v) is 6.70. The van der Waals surface area contributed by atoms with Crippen LogP contribution < -0.4 is 5.73 Å². The molecule has 1 fully saturated rings. The fourth-order valence-electron chi connectivity index (χ4n) is 2.82. The summed E-state index contributed by atoms with van der Waals surface area (Å²) in [5, 5.41) is 0. The molecule has 0 radical (unpaired) electrons.